The topological polar surface area (TPSA) is 23.6 Å². The molecule has 0 aliphatic carbocycles. The molecule has 0 bridgehead atoms. The Morgan fingerprint density at radius 2 is 1.43 bits per heavy atom. The Kier molecular flexibility index (Phi) is 6.24. The molecule has 3 aromatic carbocycles. The molecule has 0 aromatic heterocycles. The fourth-order valence-corrected chi connectivity index (χ4v) is 4.12. The molecule has 0 N–H and O–H groups in total. The first kappa shape index (κ1) is 20.3. The van der Waals surface area contributed by atoms with Crippen LogP contribution in [0.5, 0.6) is 0 Å². The first-order valence-electron chi connectivity index (χ1n) is 10.5. The van der Waals surface area contributed by atoms with Crippen molar-refractivity contribution in [3.63, 3.8) is 0 Å². The second-order valence-corrected chi connectivity index (χ2v) is 7.94. The molecule has 3 aromatic rings. The summed E-state index contributed by atoms with van der Waals surface area (Å²) in [6.45, 7) is 5.16. The third kappa shape index (κ3) is 4.77. The van der Waals surface area contributed by atoms with E-state index >= 15 is 0 Å². The Balaban J connectivity index is 1.45. The lowest BCUT2D eigenvalue weighted by atomic mass is 9.95. The van der Waals surface area contributed by atoms with Gasteiger partial charge in [-0.3, -0.25) is 9.69 Å². The highest BCUT2D eigenvalue weighted by molar-refractivity contribution is 5.78. The van der Waals surface area contributed by atoms with E-state index in [2.05, 4.69) is 60.4 Å². The molecule has 0 radical (unpaired) electrons. The van der Waals surface area contributed by atoms with E-state index in [0.717, 1.165) is 18.7 Å². The molecule has 1 aliphatic rings. The van der Waals surface area contributed by atoms with E-state index in [1.807, 2.05) is 11.0 Å². The van der Waals surface area contributed by atoms with Gasteiger partial charge < -0.3 is 4.90 Å². The van der Waals surface area contributed by atoms with E-state index in [0.29, 0.717) is 19.5 Å². The predicted octanol–water partition coefficient (Wildman–Crippen LogP) is 4.61. The summed E-state index contributed by atoms with van der Waals surface area (Å²) in [5.41, 5.74) is 4.65. The van der Waals surface area contributed by atoms with Crippen molar-refractivity contribution < 1.29 is 9.18 Å². The van der Waals surface area contributed by atoms with Gasteiger partial charge in [-0.25, -0.2) is 4.39 Å². The summed E-state index contributed by atoms with van der Waals surface area (Å²) in [5, 5.41) is 0. The molecule has 4 rings (SSSR count). The molecule has 1 heterocycles. The maximum atomic E-state index is 13.1. The molecule has 1 atom stereocenters. The zero-order chi connectivity index (χ0) is 20.9. The Hall–Kier alpha value is -2.98. The highest BCUT2D eigenvalue weighted by Crippen LogP contribution is 2.30. The Morgan fingerprint density at radius 1 is 0.833 bits per heavy atom. The third-order valence-electron chi connectivity index (χ3n) is 5.81. The van der Waals surface area contributed by atoms with Gasteiger partial charge in [0.1, 0.15) is 5.82 Å². The number of hydrogen-bond acceptors (Lipinski definition) is 2. The van der Waals surface area contributed by atoms with Crippen molar-refractivity contribution in [2.75, 3.05) is 26.2 Å². The molecular weight excluding hydrogens is 375 g/mol. The highest BCUT2D eigenvalue weighted by Gasteiger charge is 2.28. The smallest absolute Gasteiger partial charge is 0.227 e. The molecule has 1 saturated heterocycles. The Labute approximate surface area is 177 Å². The SMILES string of the molecule is Cc1ccc([C@@H](c2ccccc2)N2CCN(C(=O)Cc3ccc(F)cc3)CC2)cc1. The van der Waals surface area contributed by atoms with Gasteiger partial charge in [-0.1, -0.05) is 72.3 Å². The Morgan fingerprint density at radius 3 is 2.07 bits per heavy atom. The van der Waals surface area contributed by atoms with Crippen molar-refractivity contribution >= 4 is 5.91 Å². The van der Waals surface area contributed by atoms with Gasteiger partial charge in [-0.15, -0.1) is 0 Å². The van der Waals surface area contributed by atoms with Gasteiger partial charge >= 0.3 is 0 Å². The van der Waals surface area contributed by atoms with Gasteiger partial charge in [0.2, 0.25) is 5.91 Å². The molecular formula is C26H27FN2O. The maximum Gasteiger partial charge on any atom is 0.227 e. The van der Waals surface area contributed by atoms with Crippen LogP contribution in [0.3, 0.4) is 0 Å². The number of benzene rings is 3. The molecule has 0 saturated carbocycles. The van der Waals surface area contributed by atoms with E-state index in [1.54, 1.807) is 12.1 Å². The summed E-state index contributed by atoms with van der Waals surface area (Å²) < 4.78 is 13.1. The third-order valence-corrected chi connectivity index (χ3v) is 5.81. The number of carbonyl (C=O) groups is 1. The zero-order valence-electron chi connectivity index (χ0n) is 17.3. The van der Waals surface area contributed by atoms with Gasteiger partial charge in [0.25, 0.3) is 0 Å². The summed E-state index contributed by atoms with van der Waals surface area (Å²) >= 11 is 0. The summed E-state index contributed by atoms with van der Waals surface area (Å²) in [7, 11) is 0. The lowest BCUT2D eigenvalue weighted by Crippen LogP contribution is -2.50. The maximum absolute atomic E-state index is 13.1. The van der Waals surface area contributed by atoms with Gasteiger partial charge in [0, 0.05) is 26.2 Å². The highest BCUT2D eigenvalue weighted by atomic mass is 19.1. The number of amides is 1. The van der Waals surface area contributed by atoms with Crippen LogP contribution in [0.2, 0.25) is 0 Å². The van der Waals surface area contributed by atoms with Crippen LogP contribution in [0, 0.1) is 12.7 Å². The normalized spacial score (nSPS) is 15.7. The minimum absolute atomic E-state index is 0.104. The number of hydrogen-bond donors (Lipinski definition) is 0. The van der Waals surface area contributed by atoms with Gasteiger partial charge in [-0.05, 0) is 35.7 Å². The summed E-state index contributed by atoms with van der Waals surface area (Å²) in [5.74, 6) is -0.171. The number of piperazine rings is 1. The first-order chi connectivity index (χ1) is 14.6. The van der Waals surface area contributed by atoms with Crippen LogP contribution in [-0.2, 0) is 11.2 Å². The average Bonchev–Trinajstić information content (AvgIpc) is 2.78. The van der Waals surface area contributed by atoms with Crippen molar-refractivity contribution in [3.05, 3.63) is 107 Å². The molecule has 3 nitrogen and oxygen atoms in total. The molecule has 4 heteroatoms. The summed E-state index contributed by atoms with van der Waals surface area (Å²) in [4.78, 5) is 17.1. The summed E-state index contributed by atoms with van der Waals surface area (Å²) in [6.07, 6.45) is 0.320. The predicted molar refractivity (Wildman–Crippen MR) is 118 cm³/mol. The zero-order valence-corrected chi connectivity index (χ0v) is 17.3. The molecule has 1 aliphatic heterocycles. The summed E-state index contributed by atoms with van der Waals surface area (Å²) in [6, 6.07) is 25.7. The second kappa shape index (κ2) is 9.23. The lowest BCUT2D eigenvalue weighted by molar-refractivity contribution is -0.132. The fraction of sp³-hybridized carbons (Fsp3) is 0.269. The van der Waals surface area contributed by atoms with Crippen LogP contribution < -0.4 is 0 Å². The number of halogens is 1. The Bertz CT molecular complexity index is 962. The van der Waals surface area contributed by atoms with Gasteiger partial charge in [0.15, 0.2) is 0 Å². The van der Waals surface area contributed by atoms with Crippen LogP contribution in [0.25, 0.3) is 0 Å². The minimum Gasteiger partial charge on any atom is -0.340 e. The van der Waals surface area contributed by atoms with Crippen LogP contribution in [0.4, 0.5) is 4.39 Å². The fourth-order valence-electron chi connectivity index (χ4n) is 4.12. The molecule has 0 unspecified atom stereocenters. The number of nitrogens with zero attached hydrogens (tertiary/aromatic N) is 2. The average molecular weight is 403 g/mol. The molecule has 30 heavy (non-hydrogen) atoms. The first-order valence-corrected chi connectivity index (χ1v) is 10.5. The van der Waals surface area contributed by atoms with Crippen LogP contribution in [0.1, 0.15) is 28.3 Å². The van der Waals surface area contributed by atoms with E-state index in [9.17, 15) is 9.18 Å². The minimum atomic E-state index is -0.275. The van der Waals surface area contributed by atoms with Crippen LogP contribution in [-0.4, -0.2) is 41.9 Å². The van der Waals surface area contributed by atoms with Crippen molar-refractivity contribution in [2.24, 2.45) is 0 Å². The number of aryl methyl sites for hydroxylation is 1. The molecule has 1 fully saturated rings. The molecule has 0 spiro atoms. The number of rotatable bonds is 5. The quantitative estimate of drug-likeness (QED) is 0.622. The van der Waals surface area contributed by atoms with E-state index < -0.39 is 0 Å². The van der Waals surface area contributed by atoms with E-state index in [4.69, 9.17) is 0 Å². The van der Waals surface area contributed by atoms with Gasteiger partial charge in [-0.2, -0.15) is 0 Å². The largest absolute Gasteiger partial charge is 0.340 e. The molecule has 154 valence electrons. The standard InChI is InChI=1S/C26H27FN2O/c1-20-7-11-23(12-8-20)26(22-5-3-2-4-6-22)29-17-15-28(16-18-29)25(30)19-21-9-13-24(27)14-10-21/h2-14,26H,15-19H2,1H3/t26-/m1/s1. The van der Waals surface area contributed by atoms with Crippen molar-refractivity contribution in [3.8, 4) is 0 Å². The lowest BCUT2D eigenvalue weighted by Gasteiger charge is -2.40. The monoisotopic (exact) mass is 402 g/mol. The van der Waals surface area contributed by atoms with E-state index in [1.165, 1.54) is 28.8 Å². The van der Waals surface area contributed by atoms with Crippen LogP contribution >= 0.6 is 0 Å². The molecule has 1 amide bonds. The number of carbonyl (C=O) groups excluding carboxylic acids is 1. The van der Waals surface area contributed by atoms with E-state index in [-0.39, 0.29) is 17.8 Å². The van der Waals surface area contributed by atoms with Crippen LogP contribution in [0.15, 0.2) is 78.9 Å². The second-order valence-electron chi connectivity index (χ2n) is 7.94. The van der Waals surface area contributed by atoms with Gasteiger partial charge in [0.05, 0.1) is 12.5 Å². The van der Waals surface area contributed by atoms with Crippen molar-refractivity contribution in [1.82, 2.24) is 9.80 Å². The van der Waals surface area contributed by atoms with Crippen molar-refractivity contribution in [2.45, 2.75) is 19.4 Å². The van der Waals surface area contributed by atoms with Crippen molar-refractivity contribution in [1.29, 1.82) is 0 Å².